The third-order valence-corrected chi connectivity index (χ3v) is 2.97. The predicted octanol–water partition coefficient (Wildman–Crippen LogP) is 1.68. The van der Waals surface area contributed by atoms with E-state index in [0.717, 1.165) is 35.8 Å². The number of phenols is 1. The molecule has 0 bridgehead atoms. The summed E-state index contributed by atoms with van der Waals surface area (Å²) in [4.78, 5) is 0.765. The summed E-state index contributed by atoms with van der Waals surface area (Å²) in [6.45, 7) is 0. The zero-order valence-electron chi connectivity index (χ0n) is 10.6. The summed E-state index contributed by atoms with van der Waals surface area (Å²) in [6.07, 6.45) is 2.45. The highest BCUT2D eigenvalue weighted by Crippen LogP contribution is 2.14. The van der Waals surface area contributed by atoms with Crippen molar-refractivity contribution in [3.8, 4) is 5.75 Å². The van der Waals surface area contributed by atoms with E-state index < -0.39 is 0 Å². The van der Waals surface area contributed by atoms with Gasteiger partial charge in [0.15, 0.2) is 5.82 Å². The molecule has 1 heterocycles. The fraction of sp³-hybridized carbons (Fsp3) is 0.333. The van der Waals surface area contributed by atoms with Crippen LogP contribution in [-0.4, -0.2) is 30.3 Å². The lowest BCUT2D eigenvalue weighted by molar-refractivity contribution is 0.475. The third kappa shape index (κ3) is 3.99. The molecule has 0 aliphatic heterocycles. The maximum Gasteiger partial charge on any atom is 0.150 e. The first-order chi connectivity index (χ1) is 9.15. The zero-order chi connectivity index (χ0) is 13.7. The lowest BCUT2D eigenvalue weighted by Crippen LogP contribution is -2.09. The summed E-state index contributed by atoms with van der Waals surface area (Å²) in [5.74, 6) is 1.10. The SMILES string of the molecule is Cn1nnnc1CCCC(=S)Nc1ccc(O)cc1. The Morgan fingerprint density at radius 1 is 1.37 bits per heavy atom. The molecule has 0 aliphatic rings. The molecule has 1 aromatic carbocycles. The van der Waals surface area contributed by atoms with Gasteiger partial charge in [-0.3, -0.25) is 0 Å². The van der Waals surface area contributed by atoms with Gasteiger partial charge in [0, 0.05) is 19.2 Å². The fourth-order valence-corrected chi connectivity index (χ4v) is 1.90. The molecule has 100 valence electrons. The van der Waals surface area contributed by atoms with Gasteiger partial charge in [0.2, 0.25) is 0 Å². The summed E-state index contributed by atoms with van der Waals surface area (Å²) >= 11 is 5.26. The van der Waals surface area contributed by atoms with E-state index in [9.17, 15) is 5.11 Å². The lowest BCUT2D eigenvalue weighted by atomic mass is 10.2. The van der Waals surface area contributed by atoms with Gasteiger partial charge in [-0.05, 0) is 47.5 Å². The summed E-state index contributed by atoms with van der Waals surface area (Å²) in [6, 6.07) is 6.81. The monoisotopic (exact) mass is 277 g/mol. The molecule has 19 heavy (non-hydrogen) atoms. The average Bonchev–Trinajstić information content (AvgIpc) is 2.78. The molecule has 0 unspecified atom stereocenters. The Morgan fingerprint density at radius 3 is 2.74 bits per heavy atom. The van der Waals surface area contributed by atoms with Crippen molar-refractivity contribution in [3.63, 3.8) is 0 Å². The normalized spacial score (nSPS) is 10.4. The van der Waals surface area contributed by atoms with Crippen molar-refractivity contribution in [2.75, 3.05) is 5.32 Å². The minimum atomic E-state index is 0.242. The molecule has 0 spiro atoms. The van der Waals surface area contributed by atoms with Gasteiger partial charge < -0.3 is 10.4 Å². The van der Waals surface area contributed by atoms with E-state index in [4.69, 9.17) is 12.2 Å². The molecule has 0 radical (unpaired) electrons. The van der Waals surface area contributed by atoms with Crippen LogP contribution in [0.15, 0.2) is 24.3 Å². The summed E-state index contributed by atoms with van der Waals surface area (Å²) in [5, 5.41) is 23.6. The number of nitrogens with one attached hydrogen (secondary N) is 1. The molecule has 2 N–H and O–H groups in total. The molecular formula is C12H15N5OS. The number of nitrogens with zero attached hydrogens (tertiary/aromatic N) is 4. The van der Waals surface area contributed by atoms with E-state index in [-0.39, 0.29) is 5.75 Å². The number of anilines is 1. The Balaban J connectivity index is 1.76. The van der Waals surface area contributed by atoms with Crippen molar-refractivity contribution in [1.29, 1.82) is 0 Å². The minimum absolute atomic E-state index is 0.242. The van der Waals surface area contributed by atoms with Gasteiger partial charge in [0.05, 0.1) is 4.99 Å². The highest BCUT2D eigenvalue weighted by Gasteiger charge is 2.03. The standard InChI is InChI=1S/C12H15N5OS/c1-17-11(14-15-16-17)3-2-4-12(19)13-9-5-7-10(18)8-6-9/h5-8,18H,2-4H2,1H3,(H,13,19). The summed E-state index contributed by atoms with van der Waals surface area (Å²) in [5.41, 5.74) is 0.878. The van der Waals surface area contributed by atoms with Crippen LogP contribution in [-0.2, 0) is 13.5 Å². The molecular weight excluding hydrogens is 262 g/mol. The average molecular weight is 277 g/mol. The van der Waals surface area contributed by atoms with E-state index in [0.29, 0.717) is 0 Å². The van der Waals surface area contributed by atoms with E-state index >= 15 is 0 Å². The molecule has 1 aromatic heterocycles. The molecule has 0 saturated carbocycles. The number of thiocarbonyl (C=S) groups is 1. The minimum Gasteiger partial charge on any atom is -0.508 e. The quantitative estimate of drug-likeness (QED) is 0.639. The Hall–Kier alpha value is -2.02. The van der Waals surface area contributed by atoms with Crippen molar-refractivity contribution in [3.05, 3.63) is 30.1 Å². The van der Waals surface area contributed by atoms with Gasteiger partial charge in [-0.2, -0.15) is 0 Å². The second-order valence-corrected chi connectivity index (χ2v) is 4.66. The summed E-state index contributed by atoms with van der Waals surface area (Å²) in [7, 11) is 1.82. The highest BCUT2D eigenvalue weighted by atomic mass is 32.1. The van der Waals surface area contributed by atoms with Gasteiger partial charge in [0.1, 0.15) is 5.75 Å². The maximum absolute atomic E-state index is 9.18. The Kier molecular flexibility index (Phi) is 4.40. The van der Waals surface area contributed by atoms with E-state index in [1.807, 2.05) is 7.05 Å². The van der Waals surface area contributed by atoms with Gasteiger partial charge in [-0.15, -0.1) is 5.10 Å². The first kappa shape index (κ1) is 13.4. The van der Waals surface area contributed by atoms with Crippen LogP contribution in [0.2, 0.25) is 0 Å². The van der Waals surface area contributed by atoms with Gasteiger partial charge in [-0.25, -0.2) is 4.68 Å². The van der Waals surface area contributed by atoms with Crippen molar-refractivity contribution < 1.29 is 5.11 Å². The molecule has 0 fully saturated rings. The van der Waals surface area contributed by atoms with Crippen LogP contribution in [0.25, 0.3) is 0 Å². The van der Waals surface area contributed by atoms with E-state index in [2.05, 4.69) is 20.8 Å². The first-order valence-electron chi connectivity index (χ1n) is 5.95. The van der Waals surface area contributed by atoms with Gasteiger partial charge in [0.25, 0.3) is 0 Å². The van der Waals surface area contributed by atoms with Gasteiger partial charge >= 0.3 is 0 Å². The molecule has 6 nitrogen and oxygen atoms in total. The van der Waals surface area contributed by atoms with E-state index in [1.165, 1.54) is 0 Å². The number of aromatic nitrogens is 4. The molecule has 7 heteroatoms. The molecule has 0 aliphatic carbocycles. The number of rotatable bonds is 5. The van der Waals surface area contributed by atoms with Crippen molar-refractivity contribution in [2.45, 2.75) is 19.3 Å². The Bertz CT molecular complexity index is 552. The summed E-state index contributed by atoms with van der Waals surface area (Å²) < 4.78 is 1.66. The van der Waals surface area contributed by atoms with Crippen LogP contribution in [0.1, 0.15) is 18.7 Å². The maximum atomic E-state index is 9.18. The lowest BCUT2D eigenvalue weighted by Gasteiger charge is -2.07. The second kappa shape index (κ2) is 6.24. The number of hydrogen-bond acceptors (Lipinski definition) is 5. The smallest absolute Gasteiger partial charge is 0.150 e. The Labute approximate surface area is 116 Å². The molecule has 0 amide bonds. The van der Waals surface area contributed by atoms with Crippen LogP contribution in [0, 0.1) is 0 Å². The van der Waals surface area contributed by atoms with Crippen LogP contribution in [0.4, 0.5) is 5.69 Å². The third-order valence-electron chi connectivity index (χ3n) is 2.66. The fourth-order valence-electron chi connectivity index (χ4n) is 1.64. The number of hydrogen-bond donors (Lipinski definition) is 2. The second-order valence-electron chi connectivity index (χ2n) is 4.17. The van der Waals surface area contributed by atoms with Crippen molar-refractivity contribution in [1.82, 2.24) is 20.2 Å². The largest absolute Gasteiger partial charge is 0.508 e. The Morgan fingerprint density at radius 2 is 2.11 bits per heavy atom. The zero-order valence-corrected chi connectivity index (χ0v) is 11.4. The van der Waals surface area contributed by atoms with Crippen LogP contribution < -0.4 is 5.32 Å². The van der Waals surface area contributed by atoms with Crippen molar-refractivity contribution >= 4 is 22.9 Å². The number of aromatic hydroxyl groups is 1. The van der Waals surface area contributed by atoms with E-state index in [1.54, 1.807) is 28.9 Å². The topological polar surface area (TPSA) is 75.9 Å². The number of tetrazole rings is 1. The van der Waals surface area contributed by atoms with Crippen molar-refractivity contribution in [2.24, 2.45) is 7.05 Å². The molecule has 2 aromatic rings. The van der Waals surface area contributed by atoms with Crippen LogP contribution in [0.3, 0.4) is 0 Å². The number of phenolic OH excluding ortho intramolecular Hbond substituents is 1. The number of aryl methyl sites for hydroxylation is 2. The molecule has 0 atom stereocenters. The number of benzene rings is 1. The predicted molar refractivity (Wildman–Crippen MR) is 76.1 cm³/mol. The molecule has 2 rings (SSSR count). The van der Waals surface area contributed by atoms with Gasteiger partial charge in [-0.1, -0.05) is 12.2 Å². The van der Waals surface area contributed by atoms with Crippen LogP contribution >= 0.6 is 12.2 Å². The molecule has 0 saturated heterocycles. The highest BCUT2D eigenvalue weighted by molar-refractivity contribution is 7.80. The van der Waals surface area contributed by atoms with Crippen LogP contribution in [0.5, 0.6) is 5.75 Å². The first-order valence-corrected chi connectivity index (χ1v) is 6.36.